The number of para-hydroxylation sites is 1. The molecule has 70 valence electrons. The zero-order chi connectivity index (χ0) is 9.52. The Balaban J connectivity index is 2.73. The van der Waals surface area contributed by atoms with Crippen LogP contribution in [-0.4, -0.2) is 5.71 Å². The van der Waals surface area contributed by atoms with Crippen LogP contribution in [0.2, 0.25) is 0 Å². The predicted molar refractivity (Wildman–Crippen MR) is 58.7 cm³/mol. The van der Waals surface area contributed by atoms with Gasteiger partial charge in [-0.1, -0.05) is 38.5 Å². The van der Waals surface area contributed by atoms with Crippen molar-refractivity contribution in [2.24, 2.45) is 4.99 Å². The molecule has 1 aromatic rings. The van der Waals surface area contributed by atoms with Gasteiger partial charge in [-0.2, -0.15) is 0 Å². The quantitative estimate of drug-likeness (QED) is 0.614. The van der Waals surface area contributed by atoms with E-state index in [-0.39, 0.29) is 0 Å². The summed E-state index contributed by atoms with van der Waals surface area (Å²) in [6.07, 6.45) is 3.35. The molecule has 1 aromatic carbocycles. The molecule has 0 unspecified atom stereocenters. The van der Waals surface area contributed by atoms with Crippen molar-refractivity contribution in [1.29, 1.82) is 0 Å². The van der Waals surface area contributed by atoms with E-state index >= 15 is 0 Å². The number of hydrogen-bond donors (Lipinski definition) is 0. The van der Waals surface area contributed by atoms with E-state index in [0.717, 1.165) is 18.5 Å². The molecule has 0 spiro atoms. The molecule has 1 nitrogen and oxygen atoms in total. The first kappa shape index (κ1) is 9.97. The van der Waals surface area contributed by atoms with Crippen molar-refractivity contribution in [3.8, 4) is 0 Å². The minimum atomic E-state index is 1.06. The summed E-state index contributed by atoms with van der Waals surface area (Å²) in [6, 6.07) is 10.2. The van der Waals surface area contributed by atoms with Crippen LogP contribution in [0.3, 0.4) is 0 Å². The molecule has 0 N–H and O–H groups in total. The minimum Gasteiger partial charge on any atom is -0.258 e. The highest BCUT2D eigenvalue weighted by molar-refractivity contribution is 5.86. The van der Waals surface area contributed by atoms with Gasteiger partial charge >= 0.3 is 0 Å². The van der Waals surface area contributed by atoms with Gasteiger partial charge in [0.15, 0.2) is 0 Å². The van der Waals surface area contributed by atoms with Gasteiger partial charge in [0.25, 0.3) is 0 Å². The maximum atomic E-state index is 4.58. The third-order valence-electron chi connectivity index (χ3n) is 1.99. The topological polar surface area (TPSA) is 12.4 Å². The van der Waals surface area contributed by atoms with Crippen molar-refractivity contribution in [3.63, 3.8) is 0 Å². The minimum absolute atomic E-state index is 1.06. The molecule has 0 aliphatic rings. The number of nitrogens with zero attached hydrogens (tertiary/aromatic N) is 1. The van der Waals surface area contributed by atoms with Crippen LogP contribution >= 0.6 is 0 Å². The van der Waals surface area contributed by atoms with E-state index < -0.39 is 0 Å². The molecule has 0 aliphatic heterocycles. The summed E-state index contributed by atoms with van der Waals surface area (Å²) in [4.78, 5) is 4.58. The van der Waals surface area contributed by atoms with Gasteiger partial charge in [-0.3, -0.25) is 4.99 Å². The Labute approximate surface area is 80.5 Å². The maximum Gasteiger partial charge on any atom is 0.0629 e. The van der Waals surface area contributed by atoms with Crippen molar-refractivity contribution in [2.75, 3.05) is 0 Å². The van der Waals surface area contributed by atoms with Gasteiger partial charge in [-0.15, -0.1) is 0 Å². The van der Waals surface area contributed by atoms with E-state index in [1.165, 1.54) is 12.1 Å². The predicted octanol–water partition coefficient (Wildman–Crippen LogP) is 3.97. The highest BCUT2D eigenvalue weighted by atomic mass is 14.7. The highest BCUT2D eigenvalue weighted by Crippen LogP contribution is 2.12. The number of hydrogen-bond acceptors (Lipinski definition) is 1. The van der Waals surface area contributed by atoms with E-state index in [1.54, 1.807) is 0 Å². The molecular formula is C12H17N. The third-order valence-corrected chi connectivity index (χ3v) is 1.99. The third kappa shape index (κ3) is 3.41. The average Bonchev–Trinajstić information content (AvgIpc) is 2.19. The highest BCUT2D eigenvalue weighted by Gasteiger charge is 1.94. The lowest BCUT2D eigenvalue weighted by molar-refractivity contribution is 0.966. The summed E-state index contributed by atoms with van der Waals surface area (Å²) >= 11 is 0. The lowest BCUT2D eigenvalue weighted by Crippen LogP contribution is -1.93. The lowest BCUT2D eigenvalue weighted by atomic mass is 10.2. The molecule has 0 saturated carbocycles. The fraction of sp³-hybridized carbons (Fsp3) is 0.417. The van der Waals surface area contributed by atoms with Crippen LogP contribution in [0.5, 0.6) is 0 Å². The van der Waals surface area contributed by atoms with Gasteiger partial charge in [-0.05, 0) is 25.0 Å². The maximum absolute atomic E-state index is 4.58. The summed E-state index contributed by atoms with van der Waals surface area (Å²) in [7, 11) is 0. The van der Waals surface area contributed by atoms with Crippen LogP contribution in [0.25, 0.3) is 0 Å². The van der Waals surface area contributed by atoms with Gasteiger partial charge in [-0.25, -0.2) is 0 Å². The second-order valence-electron chi connectivity index (χ2n) is 3.12. The second kappa shape index (κ2) is 5.52. The SMILES string of the molecule is CCC/C(CC)=N\c1ccccc1. The van der Waals surface area contributed by atoms with Crippen LogP contribution in [0.1, 0.15) is 33.1 Å². The first-order valence-corrected chi connectivity index (χ1v) is 4.98. The van der Waals surface area contributed by atoms with E-state index in [4.69, 9.17) is 0 Å². The molecular weight excluding hydrogens is 158 g/mol. The molecule has 0 amide bonds. The van der Waals surface area contributed by atoms with Gasteiger partial charge in [0.2, 0.25) is 0 Å². The Bertz CT molecular complexity index is 262. The van der Waals surface area contributed by atoms with Gasteiger partial charge < -0.3 is 0 Å². The van der Waals surface area contributed by atoms with Crippen LogP contribution in [-0.2, 0) is 0 Å². The van der Waals surface area contributed by atoms with Crippen LogP contribution in [0.15, 0.2) is 35.3 Å². The summed E-state index contributed by atoms with van der Waals surface area (Å²) < 4.78 is 0. The van der Waals surface area contributed by atoms with Crippen LogP contribution < -0.4 is 0 Å². The molecule has 0 atom stereocenters. The first-order chi connectivity index (χ1) is 6.36. The Morgan fingerprint density at radius 2 is 1.85 bits per heavy atom. The Morgan fingerprint density at radius 1 is 1.15 bits per heavy atom. The zero-order valence-corrected chi connectivity index (χ0v) is 8.46. The Morgan fingerprint density at radius 3 is 2.38 bits per heavy atom. The molecule has 0 heterocycles. The standard InChI is InChI=1S/C12H17N/c1-3-8-11(4-2)13-12-9-6-5-7-10-12/h5-7,9-10H,3-4,8H2,1-2H3/b13-11-. The number of rotatable bonds is 4. The van der Waals surface area contributed by atoms with E-state index in [2.05, 4.69) is 18.8 Å². The van der Waals surface area contributed by atoms with E-state index in [9.17, 15) is 0 Å². The zero-order valence-electron chi connectivity index (χ0n) is 8.46. The molecule has 0 saturated heterocycles. The lowest BCUT2D eigenvalue weighted by Gasteiger charge is -2.00. The molecule has 1 rings (SSSR count). The van der Waals surface area contributed by atoms with Crippen molar-refractivity contribution in [1.82, 2.24) is 0 Å². The molecule has 0 aliphatic carbocycles. The molecule has 0 radical (unpaired) electrons. The van der Waals surface area contributed by atoms with Crippen molar-refractivity contribution >= 4 is 11.4 Å². The van der Waals surface area contributed by atoms with Crippen molar-refractivity contribution < 1.29 is 0 Å². The second-order valence-corrected chi connectivity index (χ2v) is 3.12. The Hall–Kier alpha value is -1.11. The fourth-order valence-electron chi connectivity index (χ4n) is 1.29. The molecule has 0 bridgehead atoms. The first-order valence-electron chi connectivity index (χ1n) is 4.98. The smallest absolute Gasteiger partial charge is 0.0629 e. The average molecular weight is 175 g/mol. The summed E-state index contributed by atoms with van der Waals surface area (Å²) in [5.74, 6) is 0. The summed E-state index contributed by atoms with van der Waals surface area (Å²) in [5.41, 5.74) is 2.38. The monoisotopic (exact) mass is 175 g/mol. The van der Waals surface area contributed by atoms with E-state index in [0.29, 0.717) is 0 Å². The van der Waals surface area contributed by atoms with Gasteiger partial charge in [0, 0.05) is 5.71 Å². The normalized spacial score (nSPS) is 11.7. The summed E-state index contributed by atoms with van der Waals surface area (Å²) in [6.45, 7) is 4.35. The molecule has 1 heteroatoms. The fourth-order valence-corrected chi connectivity index (χ4v) is 1.29. The summed E-state index contributed by atoms with van der Waals surface area (Å²) in [5, 5.41) is 0. The van der Waals surface area contributed by atoms with Crippen LogP contribution in [0.4, 0.5) is 5.69 Å². The van der Waals surface area contributed by atoms with Crippen molar-refractivity contribution in [2.45, 2.75) is 33.1 Å². The molecule has 0 fully saturated rings. The molecule has 0 aromatic heterocycles. The van der Waals surface area contributed by atoms with Crippen LogP contribution in [0, 0.1) is 0 Å². The Kier molecular flexibility index (Phi) is 4.24. The van der Waals surface area contributed by atoms with Crippen molar-refractivity contribution in [3.05, 3.63) is 30.3 Å². The molecule has 13 heavy (non-hydrogen) atoms. The number of aliphatic imine (C=N–C) groups is 1. The van der Waals surface area contributed by atoms with E-state index in [1.807, 2.05) is 30.3 Å². The largest absolute Gasteiger partial charge is 0.258 e. The number of benzene rings is 1. The van der Waals surface area contributed by atoms with Gasteiger partial charge in [0.1, 0.15) is 0 Å². The van der Waals surface area contributed by atoms with Gasteiger partial charge in [0.05, 0.1) is 5.69 Å².